The molecule has 1 aromatic heterocycles. The van der Waals surface area contributed by atoms with Crippen LogP contribution < -0.4 is 5.32 Å². The zero-order valence-electron chi connectivity index (χ0n) is 10.6. The number of nitrogens with zero attached hydrogens (tertiary/aromatic N) is 1. The van der Waals surface area contributed by atoms with E-state index in [9.17, 15) is 9.90 Å². The van der Waals surface area contributed by atoms with Crippen LogP contribution in [0.5, 0.6) is 0 Å². The molecule has 1 atom stereocenters. The highest BCUT2D eigenvalue weighted by molar-refractivity contribution is 5.95. The topological polar surface area (TPSA) is 62.2 Å². The number of rotatable bonds is 5. The summed E-state index contributed by atoms with van der Waals surface area (Å²) in [4.78, 5) is 15.8. The predicted molar refractivity (Wildman–Crippen MR) is 66.8 cm³/mol. The fraction of sp³-hybridized carbons (Fsp3) is 0.538. The molecule has 1 amide bonds. The number of pyridine rings is 1. The highest BCUT2D eigenvalue weighted by Crippen LogP contribution is 2.06. The molecule has 1 unspecified atom stereocenters. The molecule has 1 aromatic rings. The van der Waals surface area contributed by atoms with E-state index in [0.717, 1.165) is 5.69 Å². The van der Waals surface area contributed by atoms with Crippen molar-refractivity contribution in [2.24, 2.45) is 5.92 Å². The molecule has 0 spiro atoms. The number of nitrogens with one attached hydrogen (secondary N) is 1. The van der Waals surface area contributed by atoms with Crippen molar-refractivity contribution in [2.45, 2.75) is 33.3 Å². The number of aromatic nitrogens is 1. The normalized spacial score (nSPS) is 12.5. The summed E-state index contributed by atoms with van der Waals surface area (Å²) in [5.74, 6) is 0.0820. The van der Waals surface area contributed by atoms with Crippen molar-refractivity contribution in [3.63, 3.8) is 0 Å². The molecule has 0 aliphatic carbocycles. The molecule has 4 nitrogen and oxygen atoms in total. The first-order chi connectivity index (χ1) is 8.02. The van der Waals surface area contributed by atoms with E-state index >= 15 is 0 Å². The largest absolute Gasteiger partial charge is 0.393 e. The number of carbonyl (C=O) groups excluding carboxylic acids is 1. The van der Waals surface area contributed by atoms with Crippen LogP contribution in [0.4, 0.5) is 0 Å². The maximum Gasteiger partial charge on any atom is 0.253 e. The van der Waals surface area contributed by atoms with E-state index in [1.165, 1.54) is 0 Å². The molecule has 0 saturated heterocycles. The van der Waals surface area contributed by atoms with Crippen LogP contribution in [0.3, 0.4) is 0 Å². The van der Waals surface area contributed by atoms with Crippen molar-refractivity contribution in [2.75, 3.05) is 6.54 Å². The third-order valence-corrected chi connectivity index (χ3v) is 2.75. The molecule has 0 fully saturated rings. The van der Waals surface area contributed by atoms with Crippen LogP contribution in [0.25, 0.3) is 0 Å². The molecule has 1 heterocycles. The van der Waals surface area contributed by atoms with Crippen LogP contribution in [-0.2, 0) is 0 Å². The second-order valence-electron chi connectivity index (χ2n) is 4.49. The lowest BCUT2D eigenvalue weighted by molar-refractivity contribution is 0.0919. The third-order valence-electron chi connectivity index (χ3n) is 2.75. The summed E-state index contributed by atoms with van der Waals surface area (Å²) >= 11 is 0. The van der Waals surface area contributed by atoms with Crippen LogP contribution in [0.1, 0.15) is 36.3 Å². The Morgan fingerprint density at radius 3 is 2.82 bits per heavy atom. The molecule has 0 aliphatic heterocycles. The van der Waals surface area contributed by atoms with Gasteiger partial charge >= 0.3 is 0 Å². The van der Waals surface area contributed by atoms with E-state index in [1.54, 1.807) is 25.3 Å². The van der Waals surface area contributed by atoms with Gasteiger partial charge in [0.25, 0.3) is 5.91 Å². The van der Waals surface area contributed by atoms with Gasteiger partial charge in [0.2, 0.25) is 0 Å². The highest BCUT2D eigenvalue weighted by Gasteiger charge is 2.11. The Hall–Kier alpha value is -1.42. The van der Waals surface area contributed by atoms with E-state index in [0.29, 0.717) is 18.5 Å². The number of aliphatic hydroxyl groups excluding tert-OH is 1. The van der Waals surface area contributed by atoms with Gasteiger partial charge in [-0.2, -0.15) is 0 Å². The molecule has 0 aromatic carbocycles. The Morgan fingerprint density at radius 1 is 1.53 bits per heavy atom. The number of hydrogen-bond donors (Lipinski definition) is 2. The summed E-state index contributed by atoms with van der Waals surface area (Å²) in [5, 5.41) is 12.4. The predicted octanol–water partition coefficient (Wildman–Crippen LogP) is 1.53. The minimum absolute atomic E-state index is 0.133. The van der Waals surface area contributed by atoms with E-state index in [1.807, 2.05) is 13.8 Å². The molecule has 1 rings (SSSR count). The van der Waals surface area contributed by atoms with Gasteiger partial charge in [0, 0.05) is 18.4 Å². The Bertz CT molecular complexity index is 377. The lowest BCUT2D eigenvalue weighted by Crippen LogP contribution is -2.29. The van der Waals surface area contributed by atoms with Gasteiger partial charge in [0.15, 0.2) is 0 Å². The molecule has 0 saturated carbocycles. The summed E-state index contributed by atoms with van der Waals surface area (Å²) < 4.78 is 0. The summed E-state index contributed by atoms with van der Waals surface area (Å²) in [6.45, 7) is 6.19. The Balaban J connectivity index is 2.43. The fourth-order valence-electron chi connectivity index (χ4n) is 1.49. The van der Waals surface area contributed by atoms with Crippen LogP contribution in [-0.4, -0.2) is 28.6 Å². The van der Waals surface area contributed by atoms with E-state index < -0.39 is 0 Å². The van der Waals surface area contributed by atoms with Gasteiger partial charge in [0.05, 0.1) is 11.7 Å². The van der Waals surface area contributed by atoms with Crippen molar-refractivity contribution >= 4 is 5.91 Å². The third kappa shape index (κ3) is 4.15. The Labute approximate surface area is 102 Å². The van der Waals surface area contributed by atoms with E-state index in [4.69, 9.17) is 0 Å². The monoisotopic (exact) mass is 236 g/mol. The zero-order valence-corrected chi connectivity index (χ0v) is 10.6. The Kier molecular flexibility index (Phi) is 5.10. The average Bonchev–Trinajstić information content (AvgIpc) is 2.29. The molecule has 94 valence electrons. The van der Waals surface area contributed by atoms with Crippen LogP contribution in [0, 0.1) is 12.8 Å². The maximum absolute atomic E-state index is 11.8. The van der Waals surface area contributed by atoms with Gasteiger partial charge in [-0.1, -0.05) is 13.8 Å². The summed E-state index contributed by atoms with van der Waals surface area (Å²) in [5.41, 5.74) is 1.31. The lowest BCUT2D eigenvalue weighted by atomic mass is 10.0. The lowest BCUT2D eigenvalue weighted by Gasteiger charge is -2.14. The summed E-state index contributed by atoms with van der Waals surface area (Å²) in [7, 11) is 0. The van der Waals surface area contributed by atoms with Gasteiger partial charge in [0.1, 0.15) is 0 Å². The number of carbonyl (C=O) groups is 1. The van der Waals surface area contributed by atoms with Gasteiger partial charge in [-0.3, -0.25) is 9.78 Å². The standard InChI is InChI=1S/C13H20N2O2/c1-9(2)12(16)6-8-15-13(17)11-5-4-7-14-10(11)3/h4-5,7,9,12,16H,6,8H2,1-3H3,(H,15,17). The van der Waals surface area contributed by atoms with E-state index in [2.05, 4.69) is 10.3 Å². The fourth-order valence-corrected chi connectivity index (χ4v) is 1.49. The molecule has 0 radical (unpaired) electrons. The minimum atomic E-state index is -0.370. The van der Waals surface area contributed by atoms with Crippen molar-refractivity contribution in [1.82, 2.24) is 10.3 Å². The molecule has 4 heteroatoms. The first kappa shape index (κ1) is 13.6. The SMILES string of the molecule is Cc1ncccc1C(=O)NCCC(O)C(C)C. The molecule has 0 aliphatic rings. The molecule has 0 bridgehead atoms. The zero-order chi connectivity index (χ0) is 12.8. The minimum Gasteiger partial charge on any atom is -0.393 e. The maximum atomic E-state index is 11.8. The number of aliphatic hydroxyl groups is 1. The van der Waals surface area contributed by atoms with Gasteiger partial charge in [-0.05, 0) is 31.4 Å². The van der Waals surface area contributed by atoms with Crippen LogP contribution in [0.15, 0.2) is 18.3 Å². The van der Waals surface area contributed by atoms with E-state index in [-0.39, 0.29) is 17.9 Å². The molecular weight excluding hydrogens is 216 g/mol. The van der Waals surface area contributed by atoms with Crippen molar-refractivity contribution in [3.05, 3.63) is 29.6 Å². The van der Waals surface area contributed by atoms with Crippen molar-refractivity contribution in [3.8, 4) is 0 Å². The second kappa shape index (κ2) is 6.35. The highest BCUT2D eigenvalue weighted by atomic mass is 16.3. The molecule has 2 N–H and O–H groups in total. The number of hydrogen-bond acceptors (Lipinski definition) is 3. The summed E-state index contributed by atoms with van der Waals surface area (Å²) in [6, 6.07) is 3.49. The smallest absolute Gasteiger partial charge is 0.253 e. The van der Waals surface area contributed by atoms with Crippen LogP contribution in [0.2, 0.25) is 0 Å². The quantitative estimate of drug-likeness (QED) is 0.815. The summed E-state index contributed by atoms with van der Waals surface area (Å²) in [6.07, 6.45) is 1.86. The van der Waals surface area contributed by atoms with Crippen LogP contribution >= 0.6 is 0 Å². The molecule has 17 heavy (non-hydrogen) atoms. The van der Waals surface area contributed by atoms with Gasteiger partial charge < -0.3 is 10.4 Å². The first-order valence-electron chi connectivity index (χ1n) is 5.90. The van der Waals surface area contributed by atoms with Crippen molar-refractivity contribution < 1.29 is 9.90 Å². The molecular formula is C13H20N2O2. The number of aryl methyl sites for hydroxylation is 1. The van der Waals surface area contributed by atoms with Crippen molar-refractivity contribution in [1.29, 1.82) is 0 Å². The van der Waals surface area contributed by atoms with Gasteiger partial charge in [-0.15, -0.1) is 0 Å². The van der Waals surface area contributed by atoms with Gasteiger partial charge in [-0.25, -0.2) is 0 Å². The number of amides is 1. The first-order valence-corrected chi connectivity index (χ1v) is 5.90. The second-order valence-corrected chi connectivity index (χ2v) is 4.49. The average molecular weight is 236 g/mol. The Morgan fingerprint density at radius 2 is 2.24 bits per heavy atom.